The van der Waals surface area contributed by atoms with E-state index in [0.717, 1.165) is 61.4 Å². The Morgan fingerprint density at radius 1 is 0.947 bits per heavy atom. The van der Waals surface area contributed by atoms with Gasteiger partial charge in [-0.2, -0.15) is 0 Å². The van der Waals surface area contributed by atoms with Crippen LogP contribution in [0.25, 0.3) is 0 Å². The number of hydrogen-bond acceptors (Lipinski definition) is 3. The average molecular weight is 515 g/mol. The van der Waals surface area contributed by atoms with Gasteiger partial charge < -0.3 is 24.4 Å². The molecule has 1 aliphatic heterocycles. The first kappa shape index (κ1) is 25.9. The van der Waals surface area contributed by atoms with Gasteiger partial charge in [0.2, 0.25) is 5.91 Å². The van der Waals surface area contributed by atoms with Gasteiger partial charge in [0.15, 0.2) is 0 Å². The van der Waals surface area contributed by atoms with Crippen LogP contribution in [0.15, 0.2) is 72.9 Å². The molecule has 3 aromatic rings. The van der Waals surface area contributed by atoms with Gasteiger partial charge in [-0.3, -0.25) is 4.79 Å². The second-order valence-corrected chi connectivity index (χ2v) is 10.3. The van der Waals surface area contributed by atoms with Crippen molar-refractivity contribution in [2.75, 3.05) is 19.6 Å². The normalized spacial score (nSPS) is 17.5. The van der Waals surface area contributed by atoms with Crippen molar-refractivity contribution >= 4 is 11.9 Å². The van der Waals surface area contributed by atoms with E-state index in [4.69, 9.17) is 4.74 Å². The molecular formula is C31H38N4O3. The lowest BCUT2D eigenvalue weighted by Crippen LogP contribution is -2.51. The molecule has 2 heterocycles. The molecule has 38 heavy (non-hydrogen) atoms. The topological polar surface area (TPSA) is 66.8 Å². The number of nitrogens with zero attached hydrogens (tertiary/aromatic N) is 3. The summed E-state index contributed by atoms with van der Waals surface area (Å²) in [6.45, 7) is 3.98. The summed E-state index contributed by atoms with van der Waals surface area (Å²) >= 11 is 0. The van der Waals surface area contributed by atoms with Gasteiger partial charge in [0, 0.05) is 37.6 Å². The Morgan fingerprint density at radius 2 is 1.74 bits per heavy atom. The van der Waals surface area contributed by atoms with Crippen molar-refractivity contribution in [1.29, 1.82) is 0 Å². The predicted octanol–water partition coefficient (Wildman–Crippen LogP) is 5.97. The van der Waals surface area contributed by atoms with Crippen LogP contribution in [0.4, 0.5) is 4.79 Å². The maximum absolute atomic E-state index is 13.8. The lowest BCUT2D eigenvalue weighted by Gasteiger charge is -2.38. The number of amides is 3. The summed E-state index contributed by atoms with van der Waals surface area (Å²) in [5, 5.41) is 3.19. The van der Waals surface area contributed by atoms with E-state index in [1.54, 1.807) is 4.90 Å². The van der Waals surface area contributed by atoms with E-state index < -0.39 is 0 Å². The standard InChI is InChI=1S/C31H38N4O3/c1-2-18-34(31(37)32-25-12-5-3-6-13-25)23-29(36)35-21-20-33-19-10-17-28(33)30(35)24-11-9-16-27(22-24)38-26-14-7-4-8-15-26/h4,7-11,14-17,19,22,25,30H,2-3,5-6,12-13,18,20-21,23H2,1H3,(H,32,37)/t30-/m0/s1. The Morgan fingerprint density at radius 3 is 2.53 bits per heavy atom. The van der Waals surface area contributed by atoms with Gasteiger partial charge >= 0.3 is 6.03 Å². The smallest absolute Gasteiger partial charge is 0.318 e. The lowest BCUT2D eigenvalue weighted by atomic mass is 9.96. The largest absolute Gasteiger partial charge is 0.457 e. The van der Waals surface area contributed by atoms with E-state index in [1.165, 1.54) is 6.42 Å². The molecule has 0 saturated heterocycles. The number of para-hydroxylation sites is 1. The monoisotopic (exact) mass is 514 g/mol. The Hall–Kier alpha value is -3.74. The van der Waals surface area contributed by atoms with Crippen molar-refractivity contribution < 1.29 is 14.3 Å². The number of fused-ring (bicyclic) bond motifs is 1. The fourth-order valence-electron chi connectivity index (χ4n) is 5.66. The van der Waals surface area contributed by atoms with Gasteiger partial charge in [0.05, 0.1) is 6.04 Å². The number of rotatable bonds is 8. The van der Waals surface area contributed by atoms with E-state index in [-0.39, 0.29) is 30.6 Å². The molecule has 1 atom stereocenters. The van der Waals surface area contributed by atoms with Crippen LogP contribution in [0.3, 0.4) is 0 Å². The number of ether oxygens (including phenoxy) is 1. The van der Waals surface area contributed by atoms with E-state index >= 15 is 0 Å². The van der Waals surface area contributed by atoms with E-state index in [1.807, 2.05) is 72.5 Å². The molecule has 200 valence electrons. The molecule has 7 nitrogen and oxygen atoms in total. The Kier molecular flexibility index (Phi) is 8.31. The first-order valence-corrected chi connectivity index (χ1v) is 13.9. The third-order valence-corrected chi connectivity index (χ3v) is 7.55. The number of benzene rings is 2. The fraction of sp³-hybridized carbons (Fsp3) is 0.419. The number of nitrogens with one attached hydrogen (secondary N) is 1. The third kappa shape index (κ3) is 6.04. The van der Waals surface area contributed by atoms with Crippen molar-refractivity contribution in [3.8, 4) is 11.5 Å². The molecule has 1 aromatic heterocycles. The summed E-state index contributed by atoms with van der Waals surface area (Å²) in [6.07, 6.45) is 8.45. The van der Waals surface area contributed by atoms with Crippen LogP contribution in [-0.4, -0.2) is 52.0 Å². The van der Waals surface area contributed by atoms with Gasteiger partial charge in [0.25, 0.3) is 0 Å². The highest BCUT2D eigenvalue weighted by atomic mass is 16.5. The van der Waals surface area contributed by atoms with Crippen molar-refractivity contribution in [3.05, 3.63) is 84.2 Å². The number of hydrogen-bond donors (Lipinski definition) is 1. The molecule has 1 fully saturated rings. The van der Waals surface area contributed by atoms with Gasteiger partial charge in [-0.15, -0.1) is 0 Å². The molecule has 0 spiro atoms. The van der Waals surface area contributed by atoms with Gasteiger partial charge in [-0.05, 0) is 61.2 Å². The third-order valence-electron chi connectivity index (χ3n) is 7.55. The second-order valence-electron chi connectivity index (χ2n) is 10.3. The number of aromatic nitrogens is 1. The predicted molar refractivity (Wildman–Crippen MR) is 148 cm³/mol. The molecule has 3 amide bonds. The van der Waals surface area contributed by atoms with Crippen molar-refractivity contribution in [2.45, 2.75) is 64.1 Å². The second kappa shape index (κ2) is 12.2. The van der Waals surface area contributed by atoms with Crippen molar-refractivity contribution in [2.24, 2.45) is 0 Å². The minimum Gasteiger partial charge on any atom is -0.457 e. The summed E-state index contributed by atoms with van der Waals surface area (Å²) in [4.78, 5) is 30.6. The van der Waals surface area contributed by atoms with Crippen LogP contribution >= 0.6 is 0 Å². The number of carbonyl (C=O) groups excluding carboxylic acids is 2. The highest BCUT2D eigenvalue weighted by molar-refractivity contribution is 5.85. The van der Waals surface area contributed by atoms with Crippen LogP contribution in [0.1, 0.15) is 62.7 Å². The molecular weight excluding hydrogens is 476 g/mol. The van der Waals surface area contributed by atoms with E-state index in [2.05, 4.69) is 22.1 Å². The summed E-state index contributed by atoms with van der Waals surface area (Å²) in [5.41, 5.74) is 2.05. The Labute approximate surface area is 225 Å². The highest BCUT2D eigenvalue weighted by Crippen LogP contribution is 2.35. The molecule has 7 heteroatoms. The molecule has 0 bridgehead atoms. The number of carbonyl (C=O) groups is 2. The van der Waals surface area contributed by atoms with Crippen LogP contribution in [-0.2, 0) is 11.3 Å². The van der Waals surface area contributed by atoms with Crippen molar-refractivity contribution in [3.63, 3.8) is 0 Å². The summed E-state index contributed by atoms with van der Waals surface area (Å²) in [6, 6.07) is 21.6. The SMILES string of the molecule is CCCN(CC(=O)N1CCn2cccc2[C@@H]1c1cccc(Oc2ccccc2)c1)C(=O)NC1CCCCC1. The molecule has 0 unspecified atom stereocenters. The molecule has 0 radical (unpaired) electrons. The molecule has 2 aromatic carbocycles. The number of urea groups is 1. The van der Waals surface area contributed by atoms with Gasteiger partial charge in [-0.25, -0.2) is 4.79 Å². The summed E-state index contributed by atoms with van der Waals surface area (Å²) in [7, 11) is 0. The van der Waals surface area contributed by atoms with Crippen LogP contribution in [0.2, 0.25) is 0 Å². The van der Waals surface area contributed by atoms with E-state index in [0.29, 0.717) is 13.1 Å². The van der Waals surface area contributed by atoms with Crippen LogP contribution in [0, 0.1) is 0 Å². The zero-order valence-electron chi connectivity index (χ0n) is 22.2. The maximum Gasteiger partial charge on any atom is 0.318 e. The van der Waals surface area contributed by atoms with Crippen LogP contribution in [0.5, 0.6) is 11.5 Å². The maximum atomic E-state index is 13.8. The zero-order valence-corrected chi connectivity index (χ0v) is 22.2. The summed E-state index contributed by atoms with van der Waals surface area (Å²) in [5.74, 6) is 1.46. The van der Waals surface area contributed by atoms with Crippen molar-refractivity contribution in [1.82, 2.24) is 19.7 Å². The molecule has 1 N–H and O–H groups in total. The molecule has 1 saturated carbocycles. The zero-order chi connectivity index (χ0) is 26.3. The van der Waals surface area contributed by atoms with Gasteiger partial charge in [0.1, 0.15) is 18.0 Å². The lowest BCUT2D eigenvalue weighted by molar-refractivity contribution is -0.134. The molecule has 1 aliphatic carbocycles. The first-order chi connectivity index (χ1) is 18.6. The average Bonchev–Trinajstić information content (AvgIpc) is 3.42. The van der Waals surface area contributed by atoms with E-state index in [9.17, 15) is 9.59 Å². The van der Waals surface area contributed by atoms with Gasteiger partial charge in [-0.1, -0.05) is 56.5 Å². The quantitative estimate of drug-likeness (QED) is 0.403. The molecule has 5 rings (SSSR count). The summed E-state index contributed by atoms with van der Waals surface area (Å²) < 4.78 is 8.31. The minimum atomic E-state index is -0.254. The van der Waals surface area contributed by atoms with Crippen LogP contribution < -0.4 is 10.1 Å². The minimum absolute atomic E-state index is 0.0379. The molecule has 2 aliphatic rings. The Balaban J connectivity index is 1.36. The fourth-order valence-corrected chi connectivity index (χ4v) is 5.66. The first-order valence-electron chi connectivity index (χ1n) is 13.9. The Bertz CT molecular complexity index is 1220. The highest BCUT2D eigenvalue weighted by Gasteiger charge is 2.34.